The smallest absolute Gasteiger partial charge is 0.416 e. The van der Waals surface area contributed by atoms with E-state index in [0.717, 1.165) is 23.4 Å². The lowest BCUT2D eigenvalue weighted by Crippen LogP contribution is -2.50. The van der Waals surface area contributed by atoms with Gasteiger partial charge in [-0.1, -0.05) is 19.1 Å². The van der Waals surface area contributed by atoms with Crippen LogP contribution in [-0.4, -0.2) is 61.3 Å². The van der Waals surface area contributed by atoms with Gasteiger partial charge in [0, 0.05) is 49.1 Å². The number of methoxy groups -OCH3 is 2. The Balaban J connectivity index is 1.51. The van der Waals surface area contributed by atoms with Gasteiger partial charge in [0.15, 0.2) is 5.82 Å². The average molecular weight is 530 g/mol. The van der Waals surface area contributed by atoms with Gasteiger partial charge in [0.1, 0.15) is 17.3 Å². The topological polar surface area (TPSA) is 79.8 Å². The van der Waals surface area contributed by atoms with Crippen LogP contribution in [0, 0.1) is 6.92 Å². The van der Waals surface area contributed by atoms with Crippen molar-refractivity contribution in [2.75, 3.05) is 50.6 Å². The first-order valence-electron chi connectivity index (χ1n) is 12.2. The zero-order valence-electron chi connectivity index (χ0n) is 21.7. The second kappa shape index (κ2) is 11.2. The van der Waals surface area contributed by atoms with Crippen LogP contribution in [0.1, 0.15) is 23.7 Å². The number of carbonyl (C=O) groups excluding carboxylic acids is 1. The molecule has 4 rings (SSSR count). The summed E-state index contributed by atoms with van der Waals surface area (Å²) in [6.07, 6.45) is -3.79. The highest BCUT2D eigenvalue weighted by molar-refractivity contribution is 5.91. The van der Waals surface area contributed by atoms with Crippen LogP contribution in [-0.2, 0) is 12.6 Å². The molecule has 1 fully saturated rings. The van der Waals surface area contributed by atoms with Crippen molar-refractivity contribution in [1.29, 1.82) is 0 Å². The number of amides is 2. The lowest BCUT2D eigenvalue weighted by atomic mass is 10.1. The third-order valence-corrected chi connectivity index (χ3v) is 6.51. The number of aromatic nitrogens is 2. The van der Waals surface area contributed by atoms with Crippen molar-refractivity contribution < 1.29 is 27.4 Å². The maximum atomic E-state index is 13.3. The lowest BCUT2D eigenvalue weighted by Gasteiger charge is -2.36. The van der Waals surface area contributed by atoms with Gasteiger partial charge in [0.05, 0.1) is 25.5 Å². The van der Waals surface area contributed by atoms with Gasteiger partial charge in [-0.05, 0) is 37.6 Å². The molecule has 0 atom stereocenters. The molecule has 11 heteroatoms. The third-order valence-electron chi connectivity index (χ3n) is 6.51. The standard InChI is InChI=1S/C27H30F3N5O3/c1-5-21-17(2)31-24(18-7-6-8-19(15-18)27(28,29)30)33-25(21)34-11-13-35(14-12-34)26(36)32-22-10-9-20(37-3)16-23(22)38-4/h6-10,15-16H,5,11-14H2,1-4H3,(H,32,36). The molecule has 2 amide bonds. The molecule has 1 aliphatic rings. The molecule has 3 aromatic rings. The molecule has 2 heterocycles. The van der Waals surface area contributed by atoms with Crippen LogP contribution in [0.15, 0.2) is 42.5 Å². The van der Waals surface area contributed by atoms with Gasteiger partial charge in [-0.2, -0.15) is 13.2 Å². The second-order valence-corrected chi connectivity index (χ2v) is 8.84. The Labute approximate surface area is 219 Å². The summed E-state index contributed by atoms with van der Waals surface area (Å²) in [4.78, 5) is 25.9. The minimum absolute atomic E-state index is 0.243. The molecular weight excluding hydrogens is 499 g/mol. The molecule has 2 aromatic carbocycles. The first-order valence-corrected chi connectivity index (χ1v) is 12.2. The Kier molecular flexibility index (Phi) is 7.94. The molecule has 1 saturated heterocycles. The summed E-state index contributed by atoms with van der Waals surface area (Å²) in [6, 6.07) is 9.93. The van der Waals surface area contributed by atoms with Crippen molar-refractivity contribution in [2.45, 2.75) is 26.4 Å². The van der Waals surface area contributed by atoms with Crippen molar-refractivity contribution in [3.63, 3.8) is 0 Å². The molecule has 0 bridgehead atoms. The average Bonchev–Trinajstić information content (AvgIpc) is 2.92. The van der Waals surface area contributed by atoms with E-state index in [-0.39, 0.29) is 11.9 Å². The number of anilines is 2. The largest absolute Gasteiger partial charge is 0.497 e. The highest BCUT2D eigenvalue weighted by Crippen LogP contribution is 2.33. The van der Waals surface area contributed by atoms with Crippen LogP contribution in [0.2, 0.25) is 0 Å². The van der Waals surface area contributed by atoms with Gasteiger partial charge in [0.2, 0.25) is 0 Å². The number of ether oxygens (including phenoxy) is 2. The summed E-state index contributed by atoms with van der Waals surface area (Å²) in [6.45, 7) is 5.74. The van der Waals surface area contributed by atoms with Crippen molar-refractivity contribution in [2.24, 2.45) is 0 Å². The Morgan fingerprint density at radius 2 is 1.76 bits per heavy atom. The van der Waals surface area contributed by atoms with Crippen molar-refractivity contribution >= 4 is 17.5 Å². The monoisotopic (exact) mass is 529 g/mol. The number of hydrogen-bond acceptors (Lipinski definition) is 6. The quantitative estimate of drug-likeness (QED) is 0.460. The fraction of sp³-hybridized carbons (Fsp3) is 0.370. The van der Waals surface area contributed by atoms with Gasteiger partial charge in [-0.15, -0.1) is 0 Å². The lowest BCUT2D eigenvalue weighted by molar-refractivity contribution is -0.137. The van der Waals surface area contributed by atoms with E-state index < -0.39 is 11.7 Å². The molecule has 0 aliphatic carbocycles. The molecule has 1 aromatic heterocycles. The number of benzene rings is 2. The van der Waals surface area contributed by atoms with E-state index in [0.29, 0.717) is 61.2 Å². The van der Waals surface area contributed by atoms with E-state index in [1.165, 1.54) is 13.2 Å². The van der Waals surface area contributed by atoms with Crippen LogP contribution in [0.4, 0.5) is 29.5 Å². The number of alkyl halides is 3. The Morgan fingerprint density at radius 3 is 2.39 bits per heavy atom. The minimum Gasteiger partial charge on any atom is -0.497 e. The summed E-state index contributed by atoms with van der Waals surface area (Å²) in [5.41, 5.74) is 1.74. The summed E-state index contributed by atoms with van der Waals surface area (Å²) in [5.74, 6) is 2.03. The molecule has 0 unspecified atom stereocenters. The van der Waals surface area contributed by atoms with E-state index >= 15 is 0 Å². The van der Waals surface area contributed by atoms with Crippen LogP contribution >= 0.6 is 0 Å². The number of nitrogens with zero attached hydrogens (tertiary/aromatic N) is 4. The van der Waals surface area contributed by atoms with Crippen LogP contribution in [0.25, 0.3) is 11.4 Å². The first kappa shape index (κ1) is 27.0. The van der Waals surface area contributed by atoms with E-state index in [1.807, 2.05) is 13.8 Å². The maximum Gasteiger partial charge on any atom is 0.416 e. The van der Waals surface area contributed by atoms with E-state index in [9.17, 15) is 18.0 Å². The molecule has 0 radical (unpaired) electrons. The van der Waals surface area contributed by atoms with Crippen LogP contribution in [0.5, 0.6) is 11.5 Å². The summed E-state index contributed by atoms with van der Waals surface area (Å²) in [5, 5.41) is 2.89. The number of piperazine rings is 1. The fourth-order valence-electron chi connectivity index (χ4n) is 4.44. The highest BCUT2D eigenvalue weighted by Gasteiger charge is 2.31. The van der Waals surface area contributed by atoms with E-state index in [2.05, 4.69) is 15.2 Å². The number of aryl methyl sites for hydroxylation is 1. The Morgan fingerprint density at radius 1 is 1.03 bits per heavy atom. The van der Waals surface area contributed by atoms with E-state index in [4.69, 9.17) is 14.5 Å². The van der Waals surface area contributed by atoms with Crippen LogP contribution in [0.3, 0.4) is 0 Å². The summed E-state index contributed by atoms with van der Waals surface area (Å²) in [7, 11) is 3.07. The predicted molar refractivity (Wildman–Crippen MR) is 139 cm³/mol. The normalized spacial score (nSPS) is 13.9. The van der Waals surface area contributed by atoms with Crippen molar-refractivity contribution in [3.8, 4) is 22.9 Å². The van der Waals surface area contributed by atoms with Crippen LogP contribution < -0.4 is 19.7 Å². The number of rotatable bonds is 6. The Bertz CT molecular complexity index is 1310. The zero-order chi connectivity index (χ0) is 27.4. The zero-order valence-corrected chi connectivity index (χ0v) is 21.7. The molecule has 38 heavy (non-hydrogen) atoms. The molecule has 202 valence electrons. The maximum absolute atomic E-state index is 13.3. The van der Waals surface area contributed by atoms with Crippen molar-refractivity contribution in [1.82, 2.24) is 14.9 Å². The van der Waals surface area contributed by atoms with Gasteiger partial charge < -0.3 is 24.6 Å². The predicted octanol–water partition coefficient (Wildman–Crippen LogP) is 5.40. The van der Waals surface area contributed by atoms with Gasteiger partial charge >= 0.3 is 12.2 Å². The molecule has 1 N–H and O–H groups in total. The number of hydrogen-bond donors (Lipinski definition) is 1. The number of halogens is 3. The number of urea groups is 1. The Hall–Kier alpha value is -4.02. The van der Waals surface area contributed by atoms with Gasteiger partial charge in [0.25, 0.3) is 0 Å². The minimum atomic E-state index is -4.45. The third kappa shape index (κ3) is 5.76. The number of carbonyl (C=O) groups is 1. The second-order valence-electron chi connectivity index (χ2n) is 8.84. The van der Waals surface area contributed by atoms with Crippen molar-refractivity contribution in [3.05, 3.63) is 59.3 Å². The molecule has 0 saturated carbocycles. The van der Waals surface area contributed by atoms with E-state index in [1.54, 1.807) is 36.3 Å². The molecule has 1 aliphatic heterocycles. The summed E-state index contributed by atoms with van der Waals surface area (Å²) >= 11 is 0. The molecule has 0 spiro atoms. The SMILES string of the molecule is CCc1c(C)nc(-c2cccc(C(F)(F)F)c2)nc1N1CCN(C(=O)Nc2ccc(OC)cc2OC)CC1. The molecule has 8 nitrogen and oxygen atoms in total. The fourth-order valence-corrected chi connectivity index (χ4v) is 4.44. The number of nitrogens with one attached hydrogen (secondary N) is 1. The molecular formula is C27H30F3N5O3. The highest BCUT2D eigenvalue weighted by atomic mass is 19.4. The summed E-state index contributed by atoms with van der Waals surface area (Å²) < 4.78 is 50.4. The van der Waals surface area contributed by atoms with Gasteiger partial charge in [-0.25, -0.2) is 14.8 Å². The van der Waals surface area contributed by atoms with Gasteiger partial charge in [-0.3, -0.25) is 0 Å². The first-order chi connectivity index (χ1) is 18.1.